The summed E-state index contributed by atoms with van der Waals surface area (Å²) in [5, 5.41) is 29.1. The van der Waals surface area contributed by atoms with E-state index in [1.165, 1.54) is 88.2 Å². The van der Waals surface area contributed by atoms with Crippen molar-refractivity contribution in [2.75, 3.05) is 0 Å². The van der Waals surface area contributed by atoms with E-state index < -0.39 is 0 Å². The largest absolute Gasteiger partial charge is 0.393 e. The lowest BCUT2D eigenvalue weighted by Crippen LogP contribution is -2.46. The van der Waals surface area contributed by atoms with Crippen LogP contribution in [0.3, 0.4) is 0 Å². The molecule has 0 aromatic heterocycles. The molecule has 0 amide bonds. The maximum atomic E-state index is 9.99. The van der Waals surface area contributed by atoms with Crippen LogP contribution in [0, 0.1) is 87.9 Å². The van der Waals surface area contributed by atoms with Gasteiger partial charge in [-0.15, -0.1) is 0 Å². The Morgan fingerprint density at radius 1 is 0.625 bits per heavy atom. The summed E-state index contributed by atoms with van der Waals surface area (Å²) in [5.74, 6) is 8.56. The zero-order valence-corrected chi connectivity index (χ0v) is 31.6. The van der Waals surface area contributed by atoms with Gasteiger partial charge in [0.25, 0.3) is 0 Å². The number of fused-ring (bicyclic) bond motifs is 8. The van der Waals surface area contributed by atoms with E-state index in [-0.39, 0.29) is 12.2 Å². The Morgan fingerprint density at radius 3 is 1.52 bits per heavy atom. The second-order valence-corrected chi connectivity index (χ2v) is 17.6. The molecule has 8 saturated carbocycles. The molecule has 0 unspecified atom stereocenters. The first-order valence-corrected chi connectivity index (χ1v) is 20.7. The highest BCUT2D eigenvalue weighted by Gasteiger charge is 2.55. The van der Waals surface area contributed by atoms with Crippen molar-refractivity contribution in [2.45, 2.75) is 169 Å². The van der Waals surface area contributed by atoms with E-state index in [2.05, 4.69) is 24.8 Å². The minimum absolute atomic E-state index is 0.0219. The molecule has 2 N–H and O–H groups in total. The van der Waals surface area contributed by atoms with Crippen molar-refractivity contribution in [3.05, 3.63) is 34.8 Å². The van der Waals surface area contributed by atoms with Gasteiger partial charge in [-0.05, 0) is 186 Å². The number of aliphatic hydroxyl groups excluding tert-OH is 2. The van der Waals surface area contributed by atoms with Crippen LogP contribution in [0.5, 0.6) is 0 Å². The summed E-state index contributed by atoms with van der Waals surface area (Å²) < 4.78 is 0. The molecule has 8 aliphatic rings. The topological polar surface area (TPSA) is 68.6 Å². The van der Waals surface area contributed by atoms with E-state index in [0.29, 0.717) is 10.8 Å². The third-order valence-electron chi connectivity index (χ3n) is 15.9. The van der Waals surface area contributed by atoms with Gasteiger partial charge in [-0.25, -0.2) is 4.85 Å². The molecule has 0 aliphatic heterocycles. The fraction of sp³-hybridized carbons (Fsp3) is 0.864. The SMILES string of the molecule is CC.CC.C[C@]12C[C@H]3CC[C@@H]4C[C@@H](O)CC[C@H]4[C@@H]3C[C@@H]1CC/C2=C\C#N.[C-]#[N+]/C=C1/CC[C@H]2C[C@@H]3[C@H](CC[C@@H]4C[C@@H](O)CC[C@H]43)C[C@]12C. The fourth-order valence-electron chi connectivity index (χ4n) is 13.6. The van der Waals surface area contributed by atoms with E-state index in [1.807, 2.05) is 40.0 Å². The van der Waals surface area contributed by atoms with Crippen LogP contribution in [-0.4, -0.2) is 22.4 Å². The molecule has 0 aromatic rings. The van der Waals surface area contributed by atoms with E-state index in [9.17, 15) is 10.2 Å². The lowest BCUT2D eigenvalue weighted by Gasteiger charge is -2.54. The maximum Gasteiger partial charge on any atom is 0.154 e. The molecule has 4 heteroatoms. The van der Waals surface area contributed by atoms with Crippen LogP contribution >= 0.6 is 0 Å². The Morgan fingerprint density at radius 2 is 1.06 bits per heavy atom. The summed E-state index contributed by atoms with van der Waals surface area (Å²) in [7, 11) is 0. The summed E-state index contributed by atoms with van der Waals surface area (Å²) in [6.45, 7) is 20.1. The molecule has 8 rings (SSSR count). The van der Waals surface area contributed by atoms with Crippen molar-refractivity contribution in [3.63, 3.8) is 0 Å². The van der Waals surface area contributed by atoms with E-state index in [1.54, 1.807) is 0 Å². The first-order chi connectivity index (χ1) is 23.2. The van der Waals surface area contributed by atoms with Crippen molar-refractivity contribution < 1.29 is 10.2 Å². The van der Waals surface area contributed by atoms with Gasteiger partial charge in [-0.2, -0.15) is 5.26 Å². The Labute approximate surface area is 295 Å². The van der Waals surface area contributed by atoms with Crippen LogP contribution in [0.2, 0.25) is 0 Å². The lowest BCUT2D eigenvalue weighted by molar-refractivity contribution is -0.0507. The van der Waals surface area contributed by atoms with Crippen molar-refractivity contribution in [3.8, 4) is 6.07 Å². The van der Waals surface area contributed by atoms with Gasteiger partial charge in [0.15, 0.2) is 6.20 Å². The van der Waals surface area contributed by atoms with E-state index in [4.69, 9.17) is 11.8 Å². The number of nitriles is 1. The Balaban J connectivity index is 0.000000170. The molecule has 268 valence electrons. The van der Waals surface area contributed by atoms with Gasteiger partial charge in [0.1, 0.15) is 0 Å². The predicted molar refractivity (Wildman–Crippen MR) is 197 cm³/mol. The molecule has 0 spiro atoms. The minimum atomic E-state index is -0.0247. The smallest absolute Gasteiger partial charge is 0.154 e. The normalized spacial score (nSPS) is 48.4. The van der Waals surface area contributed by atoms with Gasteiger partial charge in [0.05, 0.1) is 24.8 Å². The zero-order chi connectivity index (χ0) is 34.6. The van der Waals surface area contributed by atoms with Crippen molar-refractivity contribution in [2.24, 2.45) is 70.0 Å². The molecule has 48 heavy (non-hydrogen) atoms. The number of aliphatic hydroxyl groups is 2. The molecule has 0 bridgehead atoms. The lowest BCUT2D eigenvalue weighted by atomic mass is 9.51. The average Bonchev–Trinajstić information content (AvgIpc) is 3.59. The van der Waals surface area contributed by atoms with Crippen LogP contribution < -0.4 is 0 Å². The third kappa shape index (κ3) is 7.11. The number of rotatable bonds is 0. The van der Waals surface area contributed by atoms with Crippen LogP contribution in [0.25, 0.3) is 4.85 Å². The van der Waals surface area contributed by atoms with E-state index >= 15 is 0 Å². The summed E-state index contributed by atoms with van der Waals surface area (Å²) in [6, 6.07) is 2.30. The van der Waals surface area contributed by atoms with Gasteiger partial charge in [-0.1, -0.05) is 52.7 Å². The van der Waals surface area contributed by atoms with Crippen LogP contribution in [0.1, 0.15) is 157 Å². The van der Waals surface area contributed by atoms with Crippen LogP contribution in [0.4, 0.5) is 0 Å². The second kappa shape index (κ2) is 16.2. The molecule has 8 aliphatic carbocycles. The molecule has 4 nitrogen and oxygen atoms in total. The number of allylic oxidation sites excluding steroid dienone is 3. The fourth-order valence-corrected chi connectivity index (χ4v) is 13.6. The standard InChI is InChI=1S/2C20H29NO.2C2H6/c1-20-11-14-4-3-13-9-17(22)7-8-18(13)19(14)10-15(20)5-6-16(20)12-21-2;1-20-12-14-3-2-13-10-17(22)6-7-18(13)19(14)11-16(20)5-4-15(20)8-9-21;2*1-2/h12-15,17-19,22H,3-11H2,1H3;8,13-14,16-19,22H,2-7,10-12H2,1H3;2*1-2H3/b16-12-;15-8+;;/t13-,14-,15+,17+,18-,19-,20+;13-,14-,16+,17+,18-,19-,20-;;/m11../s1. The zero-order valence-electron chi connectivity index (χ0n) is 31.6. The molecule has 8 fully saturated rings. The van der Waals surface area contributed by atoms with Crippen molar-refractivity contribution in [1.29, 1.82) is 5.26 Å². The summed E-state index contributed by atoms with van der Waals surface area (Å²) in [4.78, 5) is 3.59. The molecule has 0 radical (unpaired) electrons. The highest BCUT2D eigenvalue weighted by atomic mass is 16.3. The Bertz CT molecular complexity index is 1130. The van der Waals surface area contributed by atoms with E-state index in [0.717, 1.165) is 97.7 Å². The third-order valence-corrected chi connectivity index (χ3v) is 15.9. The first kappa shape index (κ1) is 37.6. The highest BCUT2D eigenvalue weighted by Crippen LogP contribution is 2.64. The van der Waals surface area contributed by atoms with Gasteiger partial charge in [-0.3, -0.25) is 0 Å². The van der Waals surface area contributed by atoms with Crippen LogP contribution in [0.15, 0.2) is 23.4 Å². The first-order valence-electron chi connectivity index (χ1n) is 20.7. The second-order valence-electron chi connectivity index (χ2n) is 17.6. The molecule has 0 aromatic carbocycles. The van der Waals surface area contributed by atoms with Gasteiger partial charge >= 0.3 is 0 Å². The molecule has 0 heterocycles. The summed E-state index contributed by atoms with van der Waals surface area (Å²) in [6.07, 6.45) is 26.2. The maximum absolute atomic E-state index is 9.99. The Hall–Kier alpha value is -1.62. The quantitative estimate of drug-likeness (QED) is 0.201. The molecule has 0 saturated heterocycles. The number of hydrogen-bond donors (Lipinski definition) is 2. The highest BCUT2D eigenvalue weighted by molar-refractivity contribution is 5.28. The molecule has 14 atom stereocenters. The molecular formula is C44H70N2O2. The number of hydrogen-bond acceptors (Lipinski definition) is 3. The summed E-state index contributed by atoms with van der Waals surface area (Å²) >= 11 is 0. The van der Waals surface area contributed by atoms with Gasteiger partial charge in [0, 0.05) is 6.08 Å². The van der Waals surface area contributed by atoms with Gasteiger partial charge in [0.2, 0.25) is 0 Å². The van der Waals surface area contributed by atoms with Crippen molar-refractivity contribution in [1.82, 2.24) is 0 Å². The summed E-state index contributed by atoms with van der Waals surface area (Å²) in [5.41, 5.74) is 3.54. The minimum Gasteiger partial charge on any atom is -0.393 e. The van der Waals surface area contributed by atoms with Crippen molar-refractivity contribution >= 4 is 0 Å². The monoisotopic (exact) mass is 659 g/mol. The average molecular weight is 659 g/mol. The Kier molecular flexibility index (Phi) is 12.7. The van der Waals surface area contributed by atoms with Crippen LogP contribution in [-0.2, 0) is 0 Å². The predicted octanol–water partition coefficient (Wildman–Crippen LogP) is 11.3. The number of nitrogens with zero attached hydrogens (tertiary/aromatic N) is 2. The van der Waals surface area contributed by atoms with Gasteiger partial charge < -0.3 is 10.2 Å². The molecular weight excluding hydrogens is 588 g/mol.